The molecule has 0 bridgehead atoms. The number of hydrogen-bond donors (Lipinski definition) is 0. The summed E-state index contributed by atoms with van der Waals surface area (Å²) in [5, 5.41) is 11.4. The van der Waals surface area contributed by atoms with Gasteiger partial charge in [-0.25, -0.2) is 9.36 Å². The Morgan fingerprint density at radius 1 is 1.12 bits per heavy atom. The van der Waals surface area contributed by atoms with Crippen molar-refractivity contribution in [3.05, 3.63) is 66.3 Å². The predicted octanol–water partition coefficient (Wildman–Crippen LogP) is 0.699. The largest absolute Gasteiger partial charge is 0.437 e. The normalized spacial score (nSPS) is 11.1. The number of aromatic nitrogens is 4. The first kappa shape index (κ1) is 15.7. The Kier molecular flexibility index (Phi) is 3.55. The molecule has 0 amide bonds. The summed E-state index contributed by atoms with van der Waals surface area (Å²) in [6, 6.07) is 7.45. The highest BCUT2D eigenvalue weighted by molar-refractivity contribution is 5.72. The molecule has 0 fully saturated rings. The van der Waals surface area contributed by atoms with E-state index in [1.54, 1.807) is 0 Å². The first-order valence-corrected chi connectivity index (χ1v) is 7.17. The fourth-order valence-electron chi connectivity index (χ4n) is 2.64. The van der Waals surface area contributed by atoms with E-state index in [2.05, 4.69) is 4.98 Å². The van der Waals surface area contributed by atoms with Crippen LogP contribution < -0.4 is 11.2 Å². The van der Waals surface area contributed by atoms with Crippen molar-refractivity contribution < 1.29 is 4.92 Å². The van der Waals surface area contributed by atoms with Crippen LogP contribution in [-0.2, 0) is 20.6 Å². The zero-order valence-electron chi connectivity index (χ0n) is 13.4. The van der Waals surface area contributed by atoms with Crippen LogP contribution >= 0.6 is 0 Å². The summed E-state index contributed by atoms with van der Waals surface area (Å²) < 4.78 is 3.36. The van der Waals surface area contributed by atoms with Crippen molar-refractivity contribution in [3.8, 4) is 0 Å². The third kappa shape index (κ3) is 2.30. The number of benzene rings is 1. The van der Waals surface area contributed by atoms with Gasteiger partial charge in [0.25, 0.3) is 5.52 Å². The summed E-state index contributed by atoms with van der Waals surface area (Å²) in [5.41, 5.74) is 0.682. The van der Waals surface area contributed by atoms with E-state index in [-0.39, 0.29) is 17.7 Å². The summed E-state index contributed by atoms with van der Waals surface area (Å²) in [6.45, 7) is 2.07. The van der Waals surface area contributed by atoms with Gasteiger partial charge in [-0.05, 0) is 17.4 Å². The van der Waals surface area contributed by atoms with Crippen LogP contribution in [0.1, 0.15) is 11.1 Å². The van der Waals surface area contributed by atoms with E-state index in [9.17, 15) is 19.7 Å². The highest BCUT2D eigenvalue weighted by Crippen LogP contribution is 2.19. The predicted molar refractivity (Wildman–Crippen MR) is 87.2 cm³/mol. The Hall–Kier alpha value is -3.23. The van der Waals surface area contributed by atoms with Gasteiger partial charge in [0.2, 0.25) is 5.65 Å². The highest BCUT2D eigenvalue weighted by Gasteiger charge is 2.28. The molecule has 3 aromatic rings. The lowest BCUT2D eigenvalue weighted by Crippen LogP contribution is -2.37. The number of fused-ring (bicyclic) bond motifs is 1. The van der Waals surface area contributed by atoms with E-state index in [0.717, 1.165) is 15.7 Å². The van der Waals surface area contributed by atoms with Gasteiger partial charge in [-0.15, -0.1) is 0 Å². The van der Waals surface area contributed by atoms with Crippen LogP contribution in [0.25, 0.3) is 11.2 Å². The van der Waals surface area contributed by atoms with E-state index in [1.807, 2.05) is 31.2 Å². The fraction of sp³-hybridized carbons (Fsp3) is 0.267. The molecule has 0 aliphatic heterocycles. The second-order valence-electron chi connectivity index (χ2n) is 5.62. The standard InChI is InChI=1S/C15H15N5O4/c1-9-4-6-10(7-5-9)8-19-12-11(16-14(19)20(23)24)13(21)18(3)15(22)17(12)2/h4-7H,8H2,1-3H3. The minimum atomic E-state index is -0.655. The first-order chi connectivity index (χ1) is 11.3. The van der Waals surface area contributed by atoms with E-state index in [1.165, 1.54) is 23.2 Å². The van der Waals surface area contributed by atoms with Crippen molar-refractivity contribution in [2.24, 2.45) is 14.1 Å². The zero-order valence-corrected chi connectivity index (χ0v) is 13.4. The molecule has 2 aromatic heterocycles. The molecule has 124 valence electrons. The maximum absolute atomic E-state index is 12.2. The first-order valence-electron chi connectivity index (χ1n) is 7.17. The van der Waals surface area contributed by atoms with Crippen molar-refractivity contribution >= 4 is 17.1 Å². The van der Waals surface area contributed by atoms with E-state index in [0.29, 0.717) is 0 Å². The van der Waals surface area contributed by atoms with Gasteiger partial charge in [0.1, 0.15) is 0 Å². The molecule has 0 aliphatic rings. The fourth-order valence-corrected chi connectivity index (χ4v) is 2.64. The molecule has 0 radical (unpaired) electrons. The molecule has 0 atom stereocenters. The summed E-state index contributed by atoms with van der Waals surface area (Å²) in [5.74, 6) is -0.469. The Morgan fingerprint density at radius 3 is 2.33 bits per heavy atom. The van der Waals surface area contributed by atoms with Crippen molar-refractivity contribution in [1.29, 1.82) is 0 Å². The van der Waals surface area contributed by atoms with Crippen LogP contribution in [0.15, 0.2) is 33.9 Å². The maximum Gasteiger partial charge on any atom is 0.437 e. The summed E-state index contributed by atoms with van der Waals surface area (Å²) >= 11 is 0. The maximum atomic E-state index is 12.2. The van der Waals surface area contributed by atoms with E-state index < -0.39 is 22.1 Å². The monoisotopic (exact) mass is 329 g/mol. The number of nitrogens with zero attached hydrogens (tertiary/aromatic N) is 5. The number of nitro groups is 1. The molecule has 0 spiro atoms. The number of aryl methyl sites for hydroxylation is 2. The van der Waals surface area contributed by atoms with Gasteiger partial charge in [0.15, 0.2) is 0 Å². The summed E-state index contributed by atoms with van der Waals surface area (Å²) in [4.78, 5) is 38.9. The Bertz CT molecular complexity index is 1070. The molecule has 9 nitrogen and oxygen atoms in total. The van der Waals surface area contributed by atoms with Gasteiger partial charge in [-0.1, -0.05) is 34.8 Å². The molecule has 1 aromatic carbocycles. The Morgan fingerprint density at radius 2 is 1.75 bits per heavy atom. The lowest BCUT2D eigenvalue weighted by Gasteiger charge is -2.06. The average Bonchev–Trinajstić information content (AvgIpc) is 2.92. The molecule has 0 N–H and O–H groups in total. The van der Waals surface area contributed by atoms with Crippen molar-refractivity contribution in [2.45, 2.75) is 13.5 Å². The molecular weight excluding hydrogens is 314 g/mol. The molecule has 0 saturated carbocycles. The van der Waals surface area contributed by atoms with Gasteiger partial charge in [0, 0.05) is 14.1 Å². The average molecular weight is 329 g/mol. The molecule has 0 saturated heterocycles. The summed E-state index contributed by atoms with van der Waals surface area (Å²) in [6.07, 6.45) is 0. The summed E-state index contributed by atoms with van der Waals surface area (Å²) in [7, 11) is 2.77. The van der Waals surface area contributed by atoms with Crippen LogP contribution in [-0.4, -0.2) is 23.6 Å². The van der Waals surface area contributed by atoms with Gasteiger partial charge >= 0.3 is 17.2 Å². The number of rotatable bonds is 3. The van der Waals surface area contributed by atoms with Crippen molar-refractivity contribution in [1.82, 2.24) is 18.7 Å². The van der Waals surface area contributed by atoms with Gasteiger partial charge in [-0.3, -0.25) is 13.9 Å². The lowest BCUT2D eigenvalue weighted by molar-refractivity contribution is -0.396. The lowest BCUT2D eigenvalue weighted by atomic mass is 10.1. The second-order valence-corrected chi connectivity index (χ2v) is 5.62. The van der Waals surface area contributed by atoms with Gasteiger partial charge in [-0.2, -0.15) is 0 Å². The van der Waals surface area contributed by atoms with Crippen molar-refractivity contribution in [2.75, 3.05) is 0 Å². The zero-order chi connectivity index (χ0) is 17.6. The molecule has 0 unspecified atom stereocenters. The quantitative estimate of drug-likeness (QED) is 0.519. The van der Waals surface area contributed by atoms with Crippen LogP contribution in [0, 0.1) is 17.0 Å². The topological polar surface area (TPSA) is 105 Å². The highest BCUT2D eigenvalue weighted by atomic mass is 16.6. The smallest absolute Gasteiger partial charge is 0.390 e. The molecule has 9 heteroatoms. The third-order valence-corrected chi connectivity index (χ3v) is 3.94. The van der Waals surface area contributed by atoms with Crippen LogP contribution in [0.3, 0.4) is 0 Å². The molecule has 3 rings (SSSR count). The SMILES string of the molecule is Cc1ccc(Cn2c([N+](=O)[O-])nc3c(=O)n(C)c(=O)n(C)c32)cc1. The van der Waals surface area contributed by atoms with E-state index >= 15 is 0 Å². The minimum Gasteiger partial charge on any atom is -0.390 e. The molecule has 0 aliphatic carbocycles. The Balaban J connectivity index is 2.34. The minimum absolute atomic E-state index is 0.0987. The number of imidazole rings is 1. The molecular formula is C15H15N5O4. The van der Waals surface area contributed by atoms with Gasteiger partial charge in [0.05, 0.1) is 6.54 Å². The van der Waals surface area contributed by atoms with Crippen molar-refractivity contribution in [3.63, 3.8) is 0 Å². The van der Waals surface area contributed by atoms with Gasteiger partial charge < -0.3 is 10.1 Å². The van der Waals surface area contributed by atoms with E-state index in [4.69, 9.17) is 0 Å². The second kappa shape index (κ2) is 5.44. The third-order valence-electron chi connectivity index (χ3n) is 3.94. The molecule has 24 heavy (non-hydrogen) atoms. The Labute approximate surface area is 135 Å². The molecule has 2 heterocycles. The van der Waals surface area contributed by atoms with Crippen LogP contribution in [0.2, 0.25) is 0 Å². The van der Waals surface area contributed by atoms with Crippen LogP contribution in [0.4, 0.5) is 5.95 Å². The van der Waals surface area contributed by atoms with Crippen LogP contribution in [0.5, 0.6) is 0 Å². The number of hydrogen-bond acceptors (Lipinski definition) is 5.